The lowest BCUT2D eigenvalue weighted by Crippen LogP contribution is -2.42. The number of allylic oxidation sites excluding steroid dienone is 1. The van der Waals surface area contributed by atoms with Gasteiger partial charge in [-0.1, -0.05) is 43.3 Å². The Labute approximate surface area is 468 Å². The molecule has 11 nitrogen and oxygen atoms in total. The number of amides is 2. The highest BCUT2D eigenvalue weighted by atomic mass is 19.4. The van der Waals surface area contributed by atoms with E-state index in [1.165, 1.54) is 64.4 Å². The van der Waals surface area contributed by atoms with Crippen LogP contribution in [0.4, 0.5) is 43.9 Å². The van der Waals surface area contributed by atoms with E-state index < -0.39 is 60.0 Å². The SMILES string of the molecule is CCc1cc2cc(-c3ccc(C(=O)N4CCC(F)(F)CC4)cc3)cc(C(F)(F)F)c2o1.O=C(/C=C/c1cccnc1)CCc1cc2cc(-c3ccc(C(=O)N4CCC(F)(F)CC4)cc3)cc(C(F)(F)F)c2o1.O=C(O)/C=C/c1cccnc1. The molecule has 0 radical (unpaired) electrons. The Morgan fingerprint density at radius 1 is 0.566 bits per heavy atom. The van der Waals surface area contributed by atoms with Crippen molar-refractivity contribution in [1.82, 2.24) is 19.8 Å². The Morgan fingerprint density at radius 2 is 0.976 bits per heavy atom. The monoisotopic (exact) mass is 1150 g/mol. The van der Waals surface area contributed by atoms with Crippen LogP contribution in [0.2, 0.25) is 0 Å². The molecular formula is C62H52F10N4O7. The first-order valence-electron chi connectivity index (χ1n) is 26.1. The highest BCUT2D eigenvalue weighted by molar-refractivity contribution is 5.97. The van der Waals surface area contributed by atoms with Crippen LogP contribution < -0.4 is 0 Å². The molecular weight excluding hydrogens is 1100 g/mol. The van der Waals surface area contributed by atoms with Crippen LogP contribution in [0.15, 0.2) is 155 Å². The van der Waals surface area contributed by atoms with Crippen molar-refractivity contribution in [2.75, 3.05) is 26.2 Å². The predicted molar refractivity (Wildman–Crippen MR) is 290 cm³/mol. The Bertz CT molecular complexity index is 3630. The number of ketones is 1. The molecule has 0 bridgehead atoms. The third-order valence-electron chi connectivity index (χ3n) is 13.7. The zero-order valence-electron chi connectivity index (χ0n) is 44.3. The maximum atomic E-state index is 14.0. The Morgan fingerprint density at radius 3 is 1.36 bits per heavy atom. The number of furan rings is 2. The first kappa shape index (κ1) is 60.2. The summed E-state index contributed by atoms with van der Waals surface area (Å²) in [6.45, 7) is 1.62. The lowest BCUT2D eigenvalue weighted by molar-refractivity contribution is -0.137. The Kier molecular flexibility index (Phi) is 18.5. The summed E-state index contributed by atoms with van der Waals surface area (Å²) in [5.74, 6) is -6.74. The molecule has 2 aliphatic heterocycles. The number of aliphatic carboxylic acids is 1. The molecule has 1 N–H and O–H groups in total. The van der Waals surface area contributed by atoms with Gasteiger partial charge in [-0.25, -0.2) is 22.4 Å². The maximum Gasteiger partial charge on any atom is 0.420 e. The molecule has 0 spiro atoms. The van der Waals surface area contributed by atoms with E-state index in [1.807, 2.05) is 0 Å². The number of nitrogens with zero attached hydrogens (tertiary/aromatic N) is 4. The van der Waals surface area contributed by atoms with Crippen molar-refractivity contribution in [2.24, 2.45) is 0 Å². The second-order valence-electron chi connectivity index (χ2n) is 19.7. The number of carbonyl (C=O) groups is 4. The van der Waals surface area contributed by atoms with Gasteiger partial charge >= 0.3 is 18.3 Å². The number of hydrogen-bond acceptors (Lipinski definition) is 8. The van der Waals surface area contributed by atoms with Gasteiger partial charge in [-0.15, -0.1) is 0 Å². The molecule has 2 fully saturated rings. The number of hydrogen-bond donors (Lipinski definition) is 1. The standard InChI is InChI=1S/C31H25F5N2O3.C23H20F5NO2.C8H7NO2/c32-30(33)11-14-38(15-12-30)29(40)22-6-4-21(5-7-22)23-16-24-17-26(41-28(24)27(18-23)31(34,35)36)10-9-25(39)8-3-20-2-1-13-37-19-20;1-2-18-12-17-11-16(13-19(20(17)31-18)23(26,27)28)14-3-5-15(6-4-14)21(30)29-9-7-22(24,25)8-10-29;10-8(11)4-3-7-2-1-5-9-6-7/h1-8,13,16-19H,9-12,14-15H2;3-6,11-13H,2,7-10H2,1H3;1-6H,(H,10,11)/b8-3+;;4-3+. The normalized spacial score (nSPS) is 15.2. The second kappa shape index (κ2) is 25.5. The van der Waals surface area contributed by atoms with E-state index in [1.54, 1.807) is 92.4 Å². The molecule has 0 saturated carbocycles. The van der Waals surface area contributed by atoms with Gasteiger partial charge in [0.15, 0.2) is 5.78 Å². The number of aryl methyl sites for hydroxylation is 2. The van der Waals surface area contributed by atoms with Crippen LogP contribution in [-0.4, -0.2) is 86.5 Å². The molecule has 4 aromatic carbocycles. The quantitative estimate of drug-likeness (QED) is 0.0932. The summed E-state index contributed by atoms with van der Waals surface area (Å²) in [5, 5.41) is 8.86. The lowest BCUT2D eigenvalue weighted by atomic mass is 9.98. The molecule has 0 unspecified atom stereocenters. The van der Waals surface area contributed by atoms with Crippen molar-refractivity contribution in [3.63, 3.8) is 0 Å². The molecule has 0 atom stereocenters. The fourth-order valence-corrected chi connectivity index (χ4v) is 9.15. The van der Waals surface area contributed by atoms with Gasteiger partial charge in [-0.05, 0) is 124 Å². The van der Waals surface area contributed by atoms with Crippen LogP contribution in [0.3, 0.4) is 0 Å². The van der Waals surface area contributed by atoms with E-state index >= 15 is 0 Å². The van der Waals surface area contributed by atoms with E-state index in [0.717, 1.165) is 29.3 Å². The summed E-state index contributed by atoms with van der Waals surface area (Å²) in [4.78, 5) is 58.2. The molecule has 6 heterocycles. The number of halogens is 10. The number of carboxylic acid groups (broad SMARTS) is 1. The van der Waals surface area contributed by atoms with Gasteiger partial charge in [0, 0.05) is 124 Å². The summed E-state index contributed by atoms with van der Waals surface area (Å²) in [6, 6.07) is 27.5. The van der Waals surface area contributed by atoms with E-state index in [4.69, 9.17) is 13.9 Å². The number of fused-ring (bicyclic) bond motifs is 2. The van der Waals surface area contributed by atoms with E-state index in [2.05, 4.69) is 9.97 Å². The summed E-state index contributed by atoms with van der Waals surface area (Å²) in [7, 11) is 0. The van der Waals surface area contributed by atoms with E-state index in [0.29, 0.717) is 39.8 Å². The van der Waals surface area contributed by atoms with Gasteiger partial charge in [0.1, 0.15) is 22.7 Å². The number of piperidine rings is 2. The number of carbonyl (C=O) groups excluding carboxylic acids is 3. The molecule has 10 rings (SSSR count). The number of likely N-dealkylation sites (tertiary alicyclic amines) is 2. The molecule has 0 aliphatic carbocycles. The molecule has 83 heavy (non-hydrogen) atoms. The highest BCUT2D eigenvalue weighted by Crippen LogP contribution is 2.42. The van der Waals surface area contributed by atoms with E-state index in [9.17, 15) is 63.1 Å². The minimum Gasteiger partial charge on any atom is -0.478 e. The molecule has 432 valence electrons. The highest BCUT2D eigenvalue weighted by Gasteiger charge is 2.39. The fourth-order valence-electron chi connectivity index (χ4n) is 9.15. The number of rotatable bonds is 12. The van der Waals surface area contributed by atoms with Crippen LogP contribution in [0, 0.1) is 0 Å². The Balaban J connectivity index is 0.000000188. The Hall–Kier alpha value is -8.88. The molecule has 21 heteroatoms. The average Bonchev–Trinajstić information content (AvgIpc) is 4.30. The number of carboxylic acids is 1. The minimum absolute atomic E-state index is 0.0283. The summed E-state index contributed by atoms with van der Waals surface area (Å²) in [6.07, 6.45) is 1.85. The number of pyridine rings is 2. The lowest BCUT2D eigenvalue weighted by Gasteiger charge is -2.31. The summed E-state index contributed by atoms with van der Waals surface area (Å²) >= 11 is 0. The summed E-state index contributed by atoms with van der Waals surface area (Å²) < 4.78 is 147. The molecule has 2 saturated heterocycles. The zero-order valence-corrected chi connectivity index (χ0v) is 44.3. The van der Waals surface area contributed by atoms with Gasteiger partial charge in [0.05, 0.1) is 11.1 Å². The van der Waals surface area contributed by atoms with E-state index in [-0.39, 0.29) is 97.0 Å². The van der Waals surface area contributed by atoms with Crippen molar-refractivity contribution in [3.05, 3.63) is 191 Å². The molecule has 8 aromatic rings. The maximum absolute atomic E-state index is 14.0. The molecule has 2 amide bonds. The predicted octanol–water partition coefficient (Wildman–Crippen LogP) is 15.3. The van der Waals surface area contributed by atoms with Crippen LogP contribution in [-0.2, 0) is 34.8 Å². The smallest absolute Gasteiger partial charge is 0.420 e. The fraction of sp³-hybridized carbons (Fsp3) is 0.258. The van der Waals surface area contributed by atoms with Gasteiger partial charge in [-0.2, -0.15) is 26.3 Å². The largest absolute Gasteiger partial charge is 0.478 e. The third-order valence-corrected chi connectivity index (χ3v) is 13.7. The van der Waals surface area contributed by atoms with Crippen LogP contribution in [0.25, 0.3) is 56.3 Å². The van der Waals surface area contributed by atoms with Crippen molar-refractivity contribution in [3.8, 4) is 22.3 Å². The number of alkyl halides is 10. The van der Waals surface area contributed by atoms with Crippen LogP contribution >= 0.6 is 0 Å². The average molecular weight is 1160 g/mol. The topological polar surface area (TPSA) is 147 Å². The molecule has 4 aromatic heterocycles. The molecule has 2 aliphatic rings. The third kappa shape index (κ3) is 16.0. The first-order valence-corrected chi connectivity index (χ1v) is 26.1. The zero-order chi connectivity index (χ0) is 59.7. The van der Waals surface area contributed by atoms with Gasteiger partial charge < -0.3 is 23.7 Å². The summed E-state index contributed by atoms with van der Waals surface area (Å²) in [5.41, 5.74) is 1.37. The number of aromatic nitrogens is 2. The van der Waals surface area contributed by atoms with Gasteiger partial charge in [0.25, 0.3) is 23.7 Å². The van der Waals surface area contributed by atoms with Crippen molar-refractivity contribution >= 4 is 57.7 Å². The number of benzene rings is 4. The van der Waals surface area contributed by atoms with Crippen LogP contribution in [0.1, 0.15) is 93.5 Å². The van der Waals surface area contributed by atoms with Crippen LogP contribution in [0.5, 0.6) is 0 Å². The van der Waals surface area contributed by atoms with Crippen molar-refractivity contribution in [2.45, 2.75) is 76.1 Å². The van der Waals surface area contributed by atoms with Gasteiger partial charge in [-0.3, -0.25) is 24.4 Å². The van der Waals surface area contributed by atoms with Crippen molar-refractivity contribution in [1.29, 1.82) is 0 Å². The van der Waals surface area contributed by atoms with Gasteiger partial charge in [0.2, 0.25) is 0 Å². The minimum atomic E-state index is -4.70. The van der Waals surface area contributed by atoms with Crippen molar-refractivity contribution < 1.29 is 77.0 Å². The first-order chi connectivity index (χ1) is 39.3. The second-order valence-corrected chi connectivity index (χ2v) is 19.7.